The van der Waals surface area contributed by atoms with Crippen molar-refractivity contribution in [2.75, 3.05) is 4.90 Å². The summed E-state index contributed by atoms with van der Waals surface area (Å²) in [5.74, 6) is 0. The van der Waals surface area contributed by atoms with Crippen molar-refractivity contribution in [3.05, 3.63) is 256 Å². The third-order valence-corrected chi connectivity index (χ3v) is 13.9. The van der Waals surface area contributed by atoms with E-state index in [-0.39, 0.29) is 5.41 Å². The van der Waals surface area contributed by atoms with Gasteiger partial charge in [-0.3, -0.25) is 0 Å². The number of hydrogen-bond donors (Lipinski definition) is 0. The van der Waals surface area contributed by atoms with Gasteiger partial charge in [0.15, 0.2) is 0 Å². The predicted octanol–water partition coefficient (Wildman–Crippen LogP) is 16.1. The van der Waals surface area contributed by atoms with Gasteiger partial charge in [-0.1, -0.05) is 189 Å². The van der Waals surface area contributed by atoms with Gasteiger partial charge in [-0.05, 0) is 141 Å². The second-order valence-corrected chi connectivity index (χ2v) is 17.9. The van der Waals surface area contributed by atoms with E-state index in [0.29, 0.717) is 0 Å². The van der Waals surface area contributed by atoms with E-state index in [1.807, 2.05) is 0 Å². The number of rotatable bonds is 7. The van der Waals surface area contributed by atoms with Crippen LogP contribution in [0.2, 0.25) is 0 Å². The van der Waals surface area contributed by atoms with Gasteiger partial charge in [-0.2, -0.15) is 0 Å². The van der Waals surface area contributed by atoms with Crippen molar-refractivity contribution >= 4 is 17.1 Å². The number of benzene rings is 9. The van der Waals surface area contributed by atoms with Crippen LogP contribution in [0, 0.1) is 20.8 Å². The van der Waals surface area contributed by atoms with Crippen molar-refractivity contribution in [1.82, 2.24) is 0 Å². The van der Waals surface area contributed by atoms with Crippen molar-refractivity contribution in [3.63, 3.8) is 0 Å². The summed E-state index contributed by atoms with van der Waals surface area (Å²) in [6, 6.07) is 77.4. The van der Waals surface area contributed by atoms with Crippen molar-refractivity contribution in [3.8, 4) is 44.5 Å². The van der Waals surface area contributed by atoms with Crippen LogP contribution >= 0.6 is 0 Å². The van der Waals surface area contributed by atoms with Crippen LogP contribution in [0.4, 0.5) is 17.1 Å². The molecule has 0 heterocycles. The van der Waals surface area contributed by atoms with Crippen LogP contribution in [-0.4, -0.2) is 0 Å². The lowest BCUT2D eigenvalue weighted by molar-refractivity contribution is 0.660. The fraction of sp³-hybridized carbons (Fsp3) is 0.115. The van der Waals surface area contributed by atoms with Crippen LogP contribution in [-0.2, 0) is 10.8 Å². The number of anilines is 3. The highest BCUT2D eigenvalue weighted by molar-refractivity contribution is 5.96. The first kappa shape index (κ1) is 37.8. The zero-order valence-electron chi connectivity index (χ0n) is 36.1. The molecule has 0 radical (unpaired) electrons. The molecule has 1 nitrogen and oxygen atoms in total. The van der Waals surface area contributed by atoms with E-state index in [4.69, 9.17) is 0 Å². The normalized spacial score (nSPS) is 13.8. The maximum absolute atomic E-state index is 2.57. The minimum Gasteiger partial charge on any atom is -0.310 e. The second-order valence-electron chi connectivity index (χ2n) is 17.9. The van der Waals surface area contributed by atoms with Crippen molar-refractivity contribution in [2.24, 2.45) is 0 Å². The molecule has 298 valence electrons. The van der Waals surface area contributed by atoms with Crippen LogP contribution in [0.5, 0.6) is 0 Å². The molecule has 0 N–H and O–H groups in total. The topological polar surface area (TPSA) is 3.24 Å². The average molecular weight is 796 g/mol. The summed E-state index contributed by atoms with van der Waals surface area (Å²) < 4.78 is 0. The predicted molar refractivity (Wildman–Crippen MR) is 261 cm³/mol. The first-order chi connectivity index (χ1) is 30.2. The SMILES string of the molecule is Cc1ccc(-c2cc(C)c(N(c3ccc4c(c3)C(C)(C)c3ccccc3-4)c3ccc4c(c3)C(c3ccccc3)(c3ccccc3)c3ccccc3-4)c(-c3ccccc3C)c2)cc1. The zero-order valence-corrected chi connectivity index (χ0v) is 36.1. The Bertz CT molecular complexity index is 3130. The van der Waals surface area contributed by atoms with Gasteiger partial charge in [0.05, 0.1) is 11.1 Å². The summed E-state index contributed by atoms with van der Waals surface area (Å²) in [6.07, 6.45) is 0. The van der Waals surface area contributed by atoms with Crippen LogP contribution in [0.1, 0.15) is 63.9 Å². The van der Waals surface area contributed by atoms with E-state index >= 15 is 0 Å². The molecule has 0 aromatic heterocycles. The largest absolute Gasteiger partial charge is 0.310 e. The van der Waals surface area contributed by atoms with E-state index in [0.717, 1.165) is 11.4 Å². The molecule has 11 rings (SSSR count). The van der Waals surface area contributed by atoms with Crippen molar-refractivity contribution < 1.29 is 0 Å². The van der Waals surface area contributed by atoms with Crippen molar-refractivity contribution in [2.45, 2.75) is 45.4 Å². The van der Waals surface area contributed by atoms with E-state index in [1.165, 1.54) is 100 Å². The molecule has 9 aromatic rings. The molecule has 2 aliphatic rings. The number of aryl methyl sites for hydroxylation is 3. The van der Waals surface area contributed by atoms with Gasteiger partial charge < -0.3 is 4.90 Å². The average Bonchev–Trinajstić information content (AvgIpc) is 3.73. The molecule has 2 aliphatic carbocycles. The Morgan fingerprint density at radius 2 is 0.839 bits per heavy atom. The minimum atomic E-state index is -0.527. The van der Waals surface area contributed by atoms with Gasteiger partial charge in [-0.25, -0.2) is 0 Å². The van der Waals surface area contributed by atoms with Gasteiger partial charge in [0.25, 0.3) is 0 Å². The number of nitrogens with zero attached hydrogens (tertiary/aromatic N) is 1. The fourth-order valence-electron chi connectivity index (χ4n) is 10.9. The van der Waals surface area contributed by atoms with Gasteiger partial charge in [0, 0.05) is 22.4 Å². The van der Waals surface area contributed by atoms with Crippen LogP contribution in [0.25, 0.3) is 44.5 Å². The Morgan fingerprint density at radius 3 is 1.47 bits per heavy atom. The zero-order chi connectivity index (χ0) is 42.2. The Kier molecular flexibility index (Phi) is 8.81. The highest BCUT2D eigenvalue weighted by Crippen LogP contribution is 2.58. The summed E-state index contributed by atoms with van der Waals surface area (Å²) >= 11 is 0. The van der Waals surface area contributed by atoms with Gasteiger partial charge in [0.2, 0.25) is 0 Å². The summed E-state index contributed by atoms with van der Waals surface area (Å²) in [6.45, 7) is 11.5. The molecule has 9 aromatic carbocycles. The molecular formula is C61H49N. The van der Waals surface area contributed by atoms with E-state index in [2.05, 4.69) is 246 Å². The summed E-state index contributed by atoms with van der Waals surface area (Å²) in [4.78, 5) is 2.57. The van der Waals surface area contributed by atoms with Gasteiger partial charge in [-0.15, -0.1) is 0 Å². The molecule has 0 amide bonds. The first-order valence-electron chi connectivity index (χ1n) is 21.9. The lowest BCUT2D eigenvalue weighted by Crippen LogP contribution is -2.28. The van der Waals surface area contributed by atoms with Gasteiger partial charge in [0.1, 0.15) is 0 Å². The molecular weight excluding hydrogens is 747 g/mol. The highest BCUT2D eigenvalue weighted by atomic mass is 15.1. The maximum atomic E-state index is 2.57. The molecule has 0 spiro atoms. The Labute approximate surface area is 366 Å². The van der Waals surface area contributed by atoms with Crippen LogP contribution < -0.4 is 4.90 Å². The van der Waals surface area contributed by atoms with Crippen LogP contribution in [0.3, 0.4) is 0 Å². The minimum absolute atomic E-state index is 0.161. The first-order valence-corrected chi connectivity index (χ1v) is 21.9. The van der Waals surface area contributed by atoms with E-state index < -0.39 is 5.41 Å². The van der Waals surface area contributed by atoms with Crippen molar-refractivity contribution in [1.29, 1.82) is 0 Å². The van der Waals surface area contributed by atoms with Gasteiger partial charge >= 0.3 is 0 Å². The number of fused-ring (bicyclic) bond motifs is 6. The molecule has 0 atom stereocenters. The third-order valence-electron chi connectivity index (χ3n) is 13.9. The molecule has 0 unspecified atom stereocenters. The molecule has 62 heavy (non-hydrogen) atoms. The molecule has 0 fully saturated rings. The second kappa shape index (κ2) is 14.5. The third kappa shape index (κ3) is 5.68. The highest BCUT2D eigenvalue weighted by Gasteiger charge is 2.46. The Balaban J connectivity index is 1.23. The maximum Gasteiger partial charge on any atom is 0.0714 e. The standard InChI is InChI=1S/C61H49N/c1-40-28-30-43(31-29-40)44-36-42(3)59(54(37-44)49-23-13-12-18-41(49)2)62(47-32-34-52-50-24-14-16-26-55(50)60(4,5)57(52)38-47)48-33-35-53-51-25-15-17-27-56(51)61(58(53)39-48,45-19-8-6-9-20-45)46-21-10-7-11-22-46/h6-39H,1-5H3. The monoisotopic (exact) mass is 795 g/mol. The molecule has 0 aliphatic heterocycles. The molecule has 1 heteroatoms. The lowest BCUT2D eigenvalue weighted by atomic mass is 9.67. The quantitative estimate of drug-likeness (QED) is 0.155. The Morgan fingerprint density at radius 1 is 0.339 bits per heavy atom. The molecule has 0 saturated heterocycles. The number of hydrogen-bond acceptors (Lipinski definition) is 1. The van der Waals surface area contributed by atoms with E-state index in [1.54, 1.807) is 0 Å². The lowest BCUT2D eigenvalue weighted by Gasteiger charge is -2.35. The van der Waals surface area contributed by atoms with E-state index in [9.17, 15) is 0 Å². The van der Waals surface area contributed by atoms with Crippen LogP contribution in [0.15, 0.2) is 206 Å². The Hall–Kier alpha value is -7.22. The smallest absolute Gasteiger partial charge is 0.0714 e. The molecule has 0 bridgehead atoms. The summed E-state index contributed by atoms with van der Waals surface area (Å²) in [5.41, 5.74) is 24.4. The fourth-order valence-corrected chi connectivity index (χ4v) is 10.9. The molecule has 0 saturated carbocycles. The summed E-state index contributed by atoms with van der Waals surface area (Å²) in [5, 5.41) is 0. The summed E-state index contributed by atoms with van der Waals surface area (Å²) in [7, 11) is 0.